The number of Topliss-reactive ketones (excluding diaryl/α,β-unsaturated/α-hetero) is 1. The van der Waals surface area contributed by atoms with E-state index in [1.807, 2.05) is 0 Å². The quantitative estimate of drug-likeness (QED) is 0.557. The minimum atomic E-state index is -1.09. The van der Waals surface area contributed by atoms with E-state index in [1.165, 1.54) is 19.1 Å². The van der Waals surface area contributed by atoms with Crippen LogP contribution in [-0.4, -0.2) is 29.8 Å². The maximum atomic E-state index is 13.0. The van der Waals surface area contributed by atoms with Crippen molar-refractivity contribution in [3.05, 3.63) is 70.5 Å². The number of hydrogen-bond donors (Lipinski definition) is 1. The van der Waals surface area contributed by atoms with Crippen LogP contribution in [-0.2, 0) is 9.53 Å². The molecule has 0 saturated heterocycles. The number of carbonyl (C=O) groups excluding carboxylic acids is 3. The summed E-state index contributed by atoms with van der Waals surface area (Å²) in [5.41, 5.74) is 0.459. The van der Waals surface area contributed by atoms with Gasteiger partial charge in [-0.3, -0.25) is 9.59 Å². The van der Waals surface area contributed by atoms with Gasteiger partial charge in [0.15, 0.2) is 6.10 Å². The van der Waals surface area contributed by atoms with Crippen molar-refractivity contribution in [1.82, 2.24) is 5.32 Å². The summed E-state index contributed by atoms with van der Waals surface area (Å²) in [7, 11) is 0. The molecule has 2 rings (SSSR count). The molecule has 0 aliphatic carbocycles. The van der Waals surface area contributed by atoms with E-state index in [4.69, 9.17) is 16.3 Å². The van der Waals surface area contributed by atoms with E-state index in [1.54, 1.807) is 38.1 Å². The fraction of sp³-hybridized carbons (Fsp3) is 0.286. The minimum Gasteiger partial charge on any atom is -0.453 e. The summed E-state index contributed by atoms with van der Waals surface area (Å²) in [6.45, 7) is 4.91. The number of hydrogen-bond acceptors (Lipinski definition) is 4. The first kappa shape index (κ1) is 21.6. The smallest absolute Gasteiger partial charge is 0.329 e. The number of carbonyl (C=O) groups is 3. The average Bonchev–Trinajstić information content (AvgIpc) is 2.65. The van der Waals surface area contributed by atoms with Crippen molar-refractivity contribution >= 4 is 29.3 Å². The topological polar surface area (TPSA) is 72.5 Å². The average molecular weight is 406 g/mol. The highest BCUT2D eigenvalue weighted by atomic mass is 35.5. The van der Waals surface area contributed by atoms with Gasteiger partial charge in [-0.25, -0.2) is 9.18 Å². The van der Waals surface area contributed by atoms with E-state index < -0.39 is 35.6 Å². The summed E-state index contributed by atoms with van der Waals surface area (Å²) in [5.74, 6) is -2.47. The molecule has 7 heteroatoms. The van der Waals surface area contributed by atoms with Crippen molar-refractivity contribution in [3.63, 3.8) is 0 Å². The third-order valence-corrected chi connectivity index (χ3v) is 4.45. The molecule has 0 aliphatic heterocycles. The molecule has 0 spiro atoms. The number of benzene rings is 2. The number of nitrogens with one attached hydrogen (secondary N) is 1. The van der Waals surface area contributed by atoms with Crippen molar-refractivity contribution in [2.45, 2.75) is 32.9 Å². The van der Waals surface area contributed by atoms with Crippen LogP contribution in [0.1, 0.15) is 41.5 Å². The van der Waals surface area contributed by atoms with Crippen LogP contribution >= 0.6 is 11.6 Å². The lowest BCUT2D eigenvalue weighted by atomic mass is 10.0. The van der Waals surface area contributed by atoms with Crippen LogP contribution in [0.15, 0.2) is 48.5 Å². The van der Waals surface area contributed by atoms with Crippen molar-refractivity contribution in [3.8, 4) is 0 Å². The lowest BCUT2D eigenvalue weighted by Crippen LogP contribution is -2.46. The molecule has 2 atom stereocenters. The molecule has 5 nitrogen and oxygen atoms in total. The lowest BCUT2D eigenvalue weighted by molar-refractivity contribution is -0.149. The van der Waals surface area contributed by atoms with E-state index in [2.05, 4.69) is 5.32 Å². The molecule has 0 unspecified atom stereocenters. The predicted octanol–water partition coefficient (Wildman–Crippen LogP) is 4.05. The monoisotopic (exact) mass is 405 g/mol. The van der Waals surface area contributed by atoms with Crippen LogP contribution < -0.4 is 5.32 Å². The van der Waals surface area contributed by atoms with Crippen LogP contribution in [0, 0.1) is 11.7 Å². The Morgan fingerprint density at radius 1 is 1.00 bits per heavy atom. The van der Waals surface area contributed by atoms with Crippen LogP contribution in [0.3, 0.4) is 0 Å². The zero-order valence-electron chi connectivity index (χ0n) is 15.7. The molecule has 0 radical (unpaired) electrons. The Morgan fingerprint density at radius 2 is 1.61 bits per heavy atom. The van der Waals surface area contributed by atoms with Crippen molar-refractivity contribution in [2.75, 3.05) is 0 Å². The summed E-state index contributed by atoms with van der Waals surface area (Å²) in [6, 6.07) is 10.5. The van der Waals surface area contributed by atoms with E-state index >= 15 is 0 Å². The Labute approximate surface area is 167 Å². The Hall–Kier alpha value is -2.73. The first-order chi connectivity index (χ1) is 13.2. The lowest BCUT2D eigenvalue weighted by Gasteiger charge is -2.23. The van der Waals surface area contributed by atoms with Crippen molar-refractivity contribution < 1.29 is 23.5 Å². The number of esters is 1. The molecule has 2 aromatic rings. The van der Waals surface area contributed by atoms with Crippen molar-refractivity contribution in [2.24, 2.45) is 5.92 Å². The molecule has 0 bridgehead atoms. The van der Waals surface area contributed by atoms with Crippen LogP contribution in [0.5, 0.6) is 0 Å². The van der Waals surface area contributed by atoms with Gasteiger partial charge < -0.3 is 10.1 Å². The second kappa shape index (κ2) is 9.46. The van der Waals surface area contributed by atoms with Gasteiger partial charge in [-0.1, -0.05) is 37.6 Å². The first-order valence-electron chi connectivity index (χ1n) is 8.76. The third kappa shape index (κ3) is 5.39. The van der Waals surface area contributed by atoms with Crippen LogP contribution in [0.25, 0.3) is 0 Å². The van der Waals surface area contributed by atoms with Crippen molar-refractivity contribution in [1.29, 1.82) is 0 Å². The van der Waals surface area contributed by atoms with Crippen LogP contribution in [0.2, 0.25) is 5.02 Å². The number of rotatable bonds is 7. The second-order valence-electron chi connectivity index (χ2n) is 6.63. The molecule has 0 heterocycles. The van der Waals surface area contributed by atoms with Gasteiger partial charge in [-0.15, -0.1) is 0 Å². The molecule has 0 aromatic heterocycles. The normalized spacial score (nSPS) is 12.9. The molecular weight excluding hydrogens is 385 g/mol. The summed E-state index contributed by atoms with van der Waals surface area (Å²) in [6.07, 6.45) is -1.09. The van der Waals surface area contributed by atoms with Gasteiger partial charge in [0.25, 0.3) is 5.91 Å². The van der Waals surface area contributed by atoms with E-state index in [0.29, 0.717) is 0 Å². The highest BCUT2D eigenvalue weighted by Crippen LogP contribution is 2.16. The van der Waals surface area contributed by atoms with Gasteiger partial charge in [-0.2, -0.15) is 0 Å². The van der Waals surface area contributed by atoms with E-state index in [0.717, 1.165) is 12.1 Å². The molecule has 148 valence electrons. The summed E-state index contributed by atoms with van der Waals surface area (Å²) in [4.78, 5) is 37.4. The Kier molecular flexibility index (Phi) is 7.29. The molecule has 1 N–H and O–H groups in total. The number of halogens is 2. The van der Waals surface area contributed by atoms with Gasteiger partial charge in [0.1, 0.15) is 11.9 Å². The molecular formula is C21H21ClFNO4. The molecule has 28 heavy (non-hydrogen) atoms. The Balaban J connectivity index is 2.08. The standard InChI is InChI=1S/C21H21ClFNO4/c1-12(2)18(24-20(26)16-6-4-5-7-17(16)22)21(27)28-13(3)19(25)14-8-10-15(23)11-9-14/h4-13,18H,1-3H3,(H,24,26)/t13-,18-/m0/s1. The first-order valence-corrected chi connectivity index (χ1v) is 9.14. The van der Waals surface area contributed by atoms with Gasteiger partial charge in [-0.05, 0) is 49.2 Å². The van der Waals surface area contributed by atoms with Gasteiger partial charge >= 0.3 is 5.97 Å². The maximum Gasteiger partial charge on any atom is 0.329 e. The fourth-order valence-corrected chi connectivity index (χ4v) is 2.73. The zero-order chi connectivity index (χ0) is 20.8. The fourth-order valence-electron chi connectivity index (χ4n) is 2.51. The highest BCUT2D eigenvalue weighted by molar-refractivity contribution is 6.33. The molecule has 0 saturated carbocycles. The molecule has 2 aromatic carbocycles. The highest BCUT2D eigenvalue weighted by Gasteiger charge is 2.30. The number of ketones is 1. The summed E-state index contributed by atoms with van der Waals surface area (Å²) >= 11 is 6.02. The second-order valence-corrected chi connectivity index (χ2v) is 7.03. The van der Waals surface area contributed by atoms with Crippen LogP contribution in [0.4, 0.5) is 4.39 Å². The van der Waals surface area contributed by atoms with Gasteiger partial charge in [0, 0.05) is 5.56 Å². The van der Waals surface area contributed by atoms with E-state index in [9.17, 15) is 18.8 Å². The largest absolute Gasteiger partial charge is 0.453 e. The Morgan fingerprint density at radius 3 is 2.18 bits per heavy atom. The molecule has 1 amide bonds. The molecule has 0 fully saturated rings. The third-order valence-electron chi connectivity index (χ3n) is 4.12. The van der Waals surface area contributed by atoms with Gasteiger partial charge in [0.05, 0.1) is 10.6 Å². The maximum absolute atomic E-state index is 13.0. The molecule has 0 aliphatic rings. The number of ether oxygens (including phenoxy) is 1. The predicted molar refractivity (Wildman–Crippen MR) is 104 cm³/mol. The minimum absolute atomic E-state index is 0.225. The SMILES string of the molecule is CC(C)[C@H](NC(=O)c1ccccc1Cl)C(=O)O[C@@H](C)C(=O)c1ccc(F)cc1. The zero-order valence-corrected chi connectivity index (χ0v) is 16.5. The Bertz CT molecular complexity index is 867. The number of amides is 1. The van der Waals surface area contributed by atoms with Gasteiger partial charge in [0.2, 0.25) is 5.78 Å². The summed E-state index contributed by atoms with van der Waals surface area (Å²) < 4.78 is 18.3. The van der Waals surface area contributed by atoms with E-state index in [-0.39, 0.29) is 22.1 Å². The summed E-state index contributed by atoms with van der Waals surface area (Å²) in [5, 5.41) is 2.87.